The third kappa shape index (κ3) is 2.53. The van der Waals surface area contributed by atoms with Gasteiger partial charge in [-0.25, -0.2) is 0 Å². The minimum atomic E-state index is -0.238. The van der Waals surface area contributed by atoms with Crippen LogP contribution in [0.25, 0.3) is 0 Å². The van der Waals surface area contributed by atoms with E-state index >= 15 is 0 Å². The van der Waals surface area contributed by atoms with Crippen LogP contribution in [-0.2, 0) is 0 Å². The summed E-state index contributed by atoms with van der Waals surface area (Å²) < 4.78 is 10.3. The minimum Gasteiger partial charge on any atom is -0.496 e. The summed E-state index contributed by atoms with van der Waals surface area (Å²) in [4.78, 5) is 11.8. The minimum absolute atomic E-state index is 0.154. The molecule has 0 bridgehead atoms. The zero-order valence-corrected chi connectivity index (χ0v) is 10.3. The van der Waals surface area contributed by atoms with Crippen molar-refractivity contribution in [3.8, 4) is 5.75 Å². The molecule has 1 aromatic heterocycles. The molecule has 1 aromatic carbocycles. The van der Waals surface area contributed by atoms with Crippen molar-refractivity contribution in [2.75, 3.05) is 7.11 Å². The Hall–Kier alpha value is -2.23. The fourth-order valence-corrected chi connectivity index (χ4v) is 1.78. The molecular weight excluding hydrogens is 230 g/mol. The molecule has 0 aliphatic heterocycles. The second-order valence-electron chi connectivity index (χ2n) is 3.91. The maximum Gasteiger partial charge on any atom is 0.287 e. The lowest BCUT2D eigenvalue weighted by Gasteiger charge is -2.16. The second-order valence-corrected chi connectivity index (χ2v) is 3.91. The molecule has 1 atom stereocenters. The molecule has 4 heteroatoms. The van der Waals surface area contributed by atoms with Gasteiger partial charge in [0.25, 0.3) is 5.91 Å². The molecule has 0 unspecified atom stereocenters. The molecule has 0 aliphatic carbocycles. The summed E-state index contributed by atoms with van der Waals surface area (Å²) in [6, 6.07) is 10.7. The van der Waals surface area contributed by atoms with Gasteiger partial charge in [0.05, 0.1) is 19.4 Å². The lowest BCUT2D eigenvalue weighted by molar-refractivity contribution is 0.0911. The average Bonchev–Trinajstić information content (AvgIpc) is 2.92. The van der Waals surface area contributed by atoms with Gasteiger partial charge in [0.15, 0.2) is 5.76 Å². The molecular formula is C14H15NO3. The van der Waals surface area contributed by atoms with E-state index in [0.717, 1.165) is 11.3 Å². The van der Waals surface area contributed by atoms with Gasteiger partial charge in [-0.2, -0.15) is 0 Å². The van der Waals surface area contributed by atoms with Crippen molar-refractivity contribution >= 4 is 5.91 Å². The standard InChI is InChI=1S/C14H15NO3/c1-10(11-6-3-4-7-12(11)17-2)15-14(16)13-8-5-9-18-13/h3-10H,1-2H3,(H,15,16)/t10-/m1/s1. The van der Waals surface area contributed by atoms with E-state index in [-0.39, 0.29) is 11.9 Å². The second kappa shape index (κ2) is 5.40. The maximum absolute atomic E-state index is 11.8. The summed E-state index contributed by atoms with van der Waals surface area (Å²) >= 11 is 0. The monoisotopic (exact) mass is 245 g/mol. The molecule has 0 fully saturated rings. The number of carbonyl (C=O) groups is 1. The van der Waals surface area contributed by atoms with Crippen LogP contribution in [0.3, 0.4) is 0 Å². The van der Waals surface area contributed by atoms with Crippen LogP contribution < -0.4 is 10.1 Å². The van der Waals surface area contributed by atoms with Crippen LogP contribution >= 0.6 is 0 Å². The lowest BCUT2D eigenvalue weighted by atomic mass is 10.1. The molecule has 1 heterocycles. The van der Waals surface area contributed by atoms with Gasteiger partial charge in [-0.15, -0.1) is 0 Å². The summed E-state index contributed by atoms with van der Waals surface area (Å²) in [6.45, 7) is 1.90. The SMILES string of the molecule is COc1ccccc1[C@@H](C)NC(=O)c1ccco1. The number of carbonyl (C=O) groups excluding carboxylic acids is 1. The molecule has 18 heavy (non-hydrogen) atoms. The predicted octanol–water partition coefficient (Wildman–Crippen LogP) is 2.78. The summed E-state index contributed by atoms with van der Waals surface area (Å²) in [5.41, 5.74) is 0.930. The lowest BCUT2D eigenvalue weighted by Crippen LogP contribution is -2.26. The van der Waals surface area contributed by atoms with E-state index in [1.807, 2.05) is 31.2 Å². The first kappa shape index (κ1) is 12.2. The van der Waals surface area contributed by atoms with Crippen LogP contribution in [0.5, 0.6) is 5.75 Å². The Kier molecular flexibility index (Phi) is 3.67. The normalized spacial score (nSPS) is 11.9. The van der Waals surface area contributed by atoms with Crippen molar-refractivity contribution in [2.45, 2.75) is 13.0 Å². The number of hydrogen-bond acceptors (Lipinski definition) is 3. The molecule has 0 saturated heterocycles. The highest BCUT2D eigenvalue weighted by Crippen LogP contribution is 2.24. The molecule has 0 spiro atoms. The number of hydrogen-bond donors (Lipinski definition) is 1. The Labute approximate surface area is 106 Å². The first-order valence-corrected chi connectivity index (χ1v) is 5.69. The molecule has 0 saturated carbocycles. The van der Waals surface area contributed by atoms with E-state index in [1.54, 1.807) is 19.2 Å². The number of nitrogens with one attached hydrogen (secondary N) is 1. The largest absolute Gasteiger partial charge is 0.496 e. The Bertz CT molecular complexity index is 520. The molecule has 2 aromatic rings. The Balaban J connectivity index is 2.12. The third-order valence-corrected chi connectivity index (χ3v) is 2.70. The fraction of sp³-hybridized carbons (Fsp3) is 0.214. The first-order chi connectivity index (χ1) is 8.72. The van der Waals surface area contributed by atoms with Crippen LogP contribution in [0, 0.1) is 0 Å². The summed E-state index contributed by atoms with van der Waals surface area (Å²) in [5.74, 6) is 0.819. The van der Waals surface area contributed by atoms with E-state index < -0.39 is 0 Å². The smallest absolute Gasteiger partial charge is 0.287 e. The van der Waals surface area contributed by atoms with Crippen molar-refractivity contribution in [3.05, 3.63) is 54.0 Å². The van der Waals surface area contributed by atoms with Gasteiger partial charge in [-0.3, -0.25) is 4.79 Å². The molecule has 2 rings (SSSR count). The van der Waals surface area contributed by atoms with Gasteiger partial charge in [0.1, 0.15) is 5.75 Å². The van der Waals surface area contributed by atoms with Crippen molar-refractivity contribution in [2.24, 2.45) is 0 Å². The number of methoxy groups -OCH3 is 1. The highest BCUT2D eigenvalue weighted by Gasteiger charge is 2.15. The van der Waals surface area contributed by atoms with Crippen molar-refractivity contribution < 1.29 is 13.9 Å². The van der Waals surface area contributed by atoms with Gasteiger partial charge in [-0.05, 0) is 25.1 Å². The topological polar surface area (TPSA) is 51.5 Å². The average molecular weight is 245 g/mol. The van der Waals surface area contributed by atoms with Gasteiger partial charge >= 0.3 is 0 Å². The van der Waals surface area contributed by atoms with E-state index in [0.29, 0.717) is 5.76 Å². The van der Waals surface area contributed by atoms with Crippen LogP contribution in [0.15, 0.2) is 47.1 Å². The Morgan fingerprint density at radius 1 is 1.28 bits per heavy atom. The maximum atomic E-state index is 11.8. The summed E-state index contributed by atoms with van der Waals surface area (Å²) in [5, 5.41) is 2.86. The molecule has 1 amide bonds. The van der Waals surface area contributed by atoms with E-state index in [1.165, 1.54) is 6.26 Å². The molecule has 94 valence electrons. The molecule has 4 nitrogen and oxygen atoms in total. The number of ether oxygens (including phenoxy) is 1. The van der Waals surface area contributed by atoms with Crippen molar-refractivity contribution in [3.63, 3.8) is 0 Å². The molecule has 0 radical (unpaired) electrons. The molecule has 0 aliphatic rings. The zero-order valence-electron chi connectivity index (χ0n) is 10.3. The van der Waals surface area contributed by atoms with Crippen LogP contribution in [0.2, 0.25) is 0 Å². The number of rotatable bonds is 4. The van der Waals surface area contributed by atoms with E-state index in [9.17, 15) is 4.79 Å². The van der Waals surface area contributed by atoms with E-state index in [4.69, 9.17) is 9.15 Å². The highest BCUT2D eigenvalue weighted by molar-refractivity contribution is 5.91. The fourth-order valence-electron chi connectivity index (χ4n) is 1.78. The Morgan fingerprint density at radius 3 is 2.72 bits per heavy atom. The summed E-state index contributed by atoms with van der Waals surface area (Å²) in [7, 11) is 1.61. The number of para-hydroxylation sites is 1. The van der Waals surface area contributed by atoms with Crippen molar-refractivity contribution in [1.29, 1.82) is 0 Å². The number of benzene rings is 1. The predicted molar refractivity (Wildman–Crippen MR) is 67.6 cm³/mol. The third-order valence-electron chi connectivity index (χ3n) is 2.70. The van der Waals surface area contributed by atoms with Crippen molar-refractivity contribution in [1.82, 2.24) is 5.32 Å². The highest BCUT2D eigenvalue weighted by atomic mass is 16.5. The van der Waals surface area contributed by atoms with Crippen LogP contribution in [0.1, 0.15) is 29.1 Å². The van der Waals surface area contributed by atoms with Gasteiger partial charge < -0.3 is 14.5 Å². The Morgan fingerprint density at radius 2 is 2.06 bits per heavy atom. The van der Waals surface area contributed by atoms with Gasteiger partial charge in [0, 0.05) is 5.56 Å². The van der Waals surface area contributed by atoms with Crippen LogP contribution in [0.4, 0.5) is 0 Å². The number of amides is 1. The quantitative estimate of drug-likeness (QED) is 0.901. The van der Waals surface area contributed by atoms with Crippen LogP contribution in [-0.4, -0.2) is 13.0 Å². The summed E-state index contributed by atoms with van der Waals surface area (Å²) in [6.07, 6.45) is 1.47. The zero-order chi connectivity index (χ0) is 13.0. The number of furan rings is 1. The van der Waals surface area contributed by atoms with Gasteiger partial charge in [-0.1, -0.05) is 18.2 Å². The first-order valence-electron chi connectivity index (χ1n) is 5.69. The van der Waals surface area contributed by atoms with Gasteiger partial charge in [0.2, 0.25) is 0 Å². The van der Waals surface area contributed by atoms with E-state index in [2.05, 4.69) is 5.32 Å². The molecule has 1 N–H and O–H groups in total.